The van der Waals surface area contributed by atoms with Gasteiger partial charge in [-0.3, -0.25) is 4.79 Å². The Balaban J connectivity index is 1.65. The third-order valence-corrected chi connectivity index (χ3v) is 6.14. The van der Waals surface area contributed by atoms with E-state index in [4.69, 9.17) is 4.74 Å². The van der Waals surface area contributed by atoms with Crippen LogP contribution in [0.15, 0.2) is 57.7 Å². The first kappa shape index (κ1) is 26.8. The van der Waals surface area contributed by atoms with Gasteiger partial charge in [-0.25, -0.2) is 14.6 Å². The number of benzene rings is 2. The van der Waals surface area contributed by atoms with Crippen molar-refractivity contribution < 1.29 is 19.1 Å². The zero-order chi connectivity index (χ0) is 26.3. The minimum absolute atomic E-state index is 0.0128. The van der Waals surface area contributed by atoms with Crippen LogP contribution in [0.5, 0.6) is 5.75 Å². The van der Waals surface area contributed by atoms with Crippen LogP contribution in [0.25, 0.3) is 0 Å². The second-order valence-electron chi connectivity index (χ2n) is 10.6. The molecule has 0 bridgehead atoms. The Morgan fingerprint density at radius 1 is 1.08 bits per heavy atom. The second kappa shape index (κ2) is 11.3. The van der Waals surface area contributed by atoms with Crippen LogP contribution in [0.2, 0.25) is 0 Å². The highest BCUT2D eigenvalue weighted by molar-refractivity contribution is 5.88. The van der Waals surface area contributed by atoms with E-state index in [0.717, 1.165) is 18.4 Å². The molecule has 2 amide bonds. The summed E-state index contributed by atoms with van der Waals surface area (Å²) in [7, 11) is 0. The number of carbonyl (C=O) groups excluding carboxylic acids is 3. The largest absolute Gasteiger partial charge is 0.412 e. The van der Waals surface area contributed by atoms with Crippen molar-refractivity contribution in [1.29, 1.82) is 0 Å². The highest BCUT2D eigenvalue weighted by atomic mass is 16.6. The van der Waals surface area contributed by atoms with Gasteiger partial charge in [0, 0.05) is 24.7 Å². The van der Waals surface area contributed by atoms with Gasteiger partial charge in [0.15, 0.2) is 0 Å². The van der Waals surface area contributed by atoms with Crippen LogP contribution in [0.1, 0.15) is 52.5 Å². The van der Waals surface area contributed by atoms with E-state index in [0.29, 0.717) is 35.8 Å². The Bertz CT molecular complexity index is 1190. The smallest absolute Gasteiger partial charge is 0.410 e. The SMILES string of the molecule is CC(=O)Nc1ccc(N=Nc2cc(OC(=O)NC3CC(C)(C)CC(C)(CN=C=O)C3)ccc2C)cc1. The molecule has 0 heterocycles. The Morgan fingerprint density at radius 2 is 1.81 bits per heavy atom. The van der Waals surface area contributed by atoms with Gasteiger partial charge in [0.1, 0.15) is 5.75 Å². The summed E-state index contributed by atoms with van der Waals surface area (Å²) < 4.78 is 5.56. The van der Waals surface area contributed by atoms with E-state index in [-0.39, 0.29) is 22.8 Å². The molecule has 0 aliphatic heterocycles. The molecule has 0 radical (unpaired) electrons. The molecule has 2 aromatic rings. The van der Waals surface area contributed by atoms with Crippen molar-refractivity contribution in [3.05, 3.63) is 48.0 Å². The second-order valence-corrected chi connectivity index (χ2v) is 10.6. The number of isocyanates is 1. The van der Waals surface area contributed by atoms with Crippen LogP contribution in [-0.2, 0) is 9.59 Å². The van der Waals surface area contributed by atoms with Gasteiger partial charge in [0.2, 0.25) is 12.0 Å². The van der Waals surface area contributed by atoms with Crippen LogP contribution in [0.3, 0.4) is 0 Å². The van der Waals surface area contributed by atoms with Gasteiger partial charge in [0.05, 0.1) is 17.9 Å². The van der Waals surface area contributed by atoms with Gasteiger partial charge < -0.3 is 15.4 Å². The Morgan fingerprint density at radius 3 is 2.47 bits per heavy atom. The fourth-order valence-corrected chi connectivity index (χ4v) is 5.07. The van der Waals surface area contributed by atoms with Crippen molar-refractivity contribution in [3.8, 4) is 5.75 Å². The molecule has 2 N–H and O–H groups in total. The standard InChI is InChI=1S/C27H33N5O4/c1-18-6-11-23(12-24(18)32-31-21-9-7-20(8-10-21)29-19(2)34)36-25(35)30-22-13-26(3,4)15-27(5,14-22)16-28-17-33/h6-12,22H,13-16H2,1-5H3,(H,29,34)(H,30,35). The van der Waals surface area contributed by atoms with Crippen molar-refractivity contribution in [2.45, 2.75) is 59.9 Å². The maximum Gasteiger partial charge on any atom is 0.412 e. The molecule has 2 atom stereocenters. The summed E-state index contributed by atoms with van der Waals surface area (Å²) in [4.78, 5) is 38.3. The van der Waals surface area contributed by atoms with Crippen LogP contribution in [0.4, 0.5) is 21.9 Å². The molecule has 9 nitrogen and oxygen atoms in total. The Hall–Kier alpha value is -3.84. The molecule has 0 saturated heterocycles. The molecule has 36 heavy (non-hydrogen) atoms. The molecular formula is C27H33N5O4. The molecular weight excluding hydrogens is 458 g/mol. The van der Waals surface area contributed by atoms with Gasteiger partial charge in [0.25, 0.3) is 0 Å². The normalized spacial score (nSPS) is 20.9. The van der Waals surface area contributed by atoms with E-state index in [1.165, 1.54) is 6.92 Å². The van der Waals surface area contributed by atoms with Gasteiger partial charge in [-0.15, -0.1) is 0 Å². The third kappa shape index (κ3) is 7.85. The maximum absolute atomic E-state index is 12.7. The lowest BCUT2D eigenvalue weighted by molar-refractivity contribution is -0.114. The highest BCUT2D eigenvalue weighted by Gasteiger charge is 2.41. The number of anilines is 1. The number of hydrogen-bond donors (Lipinski definition) is 2. The monoisotopic (exact) mass is 491 g/mol. The molecule has 1 fully saturated rings. The molecule has 2 aromatic carbocycles. The lowest BCUT2D eigenvalue weighted by Crippen LogP contribution is -2.48. The summed E-state index contributed by atoms with van der Waals surface area (Å²) in [6, 6.07) is 12.1. The number of nitrogens with zero attached hydrogens (tertiary/aromatic N) is 3. The summed E-state index contributed by atoms with van der Waals surface area (Å²) >= 11 is 0. The number of carbonyl (C=O) groups is 2. The average molecular weight is 492 g/mol. The van der Waals surface area contributed by atoms with Crippen molar-refractivity contribution in [2.24, 2.45) is 26.1 Å². The zero-order valence-corrected chi connectivity index (χ0v) is 21.4. The molecule has 1 aliphatic rings. The quantitative estimate of drug-likeness (QED) is 0.265. The molecule has 9 heteroatoms. The minimum Gasteiger partial charge on any atom is -0.410 e. The Kier molecular flexibility index (Phi) is 8.37. The fourth-order valence-electron chi connectivity index (χ4n) is 5.07. The van der Waals surface area contributed by atoms with Gasteiger partial charge in [-0.2, -0.15) is 10.2 Å². The topological polar surface area (TPSA) is 122 Å². The molecule has 0 spiro atoms. The van der Waals surface area contributed by atoms with E-state index in [1.54, 1.807) is 42.5 Å². The number of rotatable bonds is 7. The van der Waals surface area contributed by atoms with Gasteiger partial charge in [-0.1, -0.05) is 26.8 Å². The number of nitrogens with one attached hydrogen (secondary N) is 2. The molecule has 2 unspecified atom stereocenters. The summed E-state index contributed by atoms with van der Waals surface area (Å²) in [5.41, 5.74) is 2.54. The predicted octanol–water partition coefficient (Wildman–Crippen LogP) is 6.38. The molecule has 1 saturated carbocycles. The van der Waals surface area contributed by atoms with Gasteiger partial charge >= 0.3 is 6.09 Å². The maximum atomic E-state index is 12.7. The predicted molar refractivity (Wildman–Crippen MR) is 138 cm³/mol. The van der Waals surface area contributed by atoms with Gasteiger partial charge in [-0.05, 0) is 72.9 Å². The van der Waals surface area contributed by atoms with Crippen molar-refractivity contribution in [1.82, 2.24) is 5.32 Å². The highest BCUT2D eigenvalue weighted by Crippen LogP contribution is 2.46. The third-order valence-electron chi connectivity index (χ3n) is 6.14. The van der Waals surface area contributed by atoms with Crippen molar-refractivity contribution >= 4 is 35.1 Å². The van der Waals surface area contributed by atoms with Crippen molar-refractivity contribution in [2.75, 3.05) is 11.9 Å². The van der Waals surface area contributed by atoms with Crippen LogP contribution < -0.4 is 15.4 Å². The first-order chi connectivity index (χ1) is 17.0. The summed E-state index contributed by atoms with van der Waals surface area (Å²) in [5, 5.41) is 14.2. The first-order valence-corrected chi connectivity index (χ1v) is 11.9. The van der Waals surface area contributed by atoms with Crippen LogP contribution >= 0.6 is 0 Å². The summed E-state index contributed by atoms with van der Waals surface area (Å²) in [6.07, 6.45) is 3.49. The zero-order valence-electron chi connectivity index (χ0n) is 21.4. The number of amides is 2. The lowest BCUT2D eigenvalue weighted by Gasteiger charge is -2.45. The fraction of sp³-hybridized carbons (Fsp3) is 0.444. The number of ether oxygens (including phenoxy) is 1. The average Bonchev–Trinajstić information content (AvgIpc) is 2.77. The number of azo groups is 1. The van der Waals surface area contributed by atoms with Crippen molar-refractivity contribution in [3.63, 3.8) is 0 Å². The van der Waals surface area contributed by atoms with E-state index >= 15 is 0 Å². The van der Waals surface area contributed by atoms with Crippen LogP contribution in [-0.4, -0.2) is 30.7 Å². The van der Waals surface area contributed by atoms with Crippen LogP contribution in [0, 0.1) is 17.8 Å². The lowest BCUT2D eigenvalue weighted by atomic mass is 9.62. The molecule has 190 valence electrons. The summed E-state index contributed by atoms with van der Waals surface area (Å²) in [5.74, 6) is 0.213. The molecule has 1 aliphatic carbocycles. The number of aryl methyl sites for hydroxylation is 1. The van der Waals surface area contributed by atoms with E-state index in [9.17, 15) is 14.4 Å². The first-order valence-electron chi connectivity index (χ1n) is 11.9. The van der Waals surface area contributed by atoms with E-state index in [1.807, 2.05) is 13.0 Å². The number of aliphatic imine (C=N–C) groups is 1. The summed E-state index contributed by atoms with van der Waals surface area (Å²) in [6.45, 7) is 10.1. The number of hydrogen-bond acceptors (Lipinski definition) is 7. The Labute approximate surface area is 211 Å². The minimum atomic E-state index is -0.542. The molecule has 3 rings (SSSR count). The van der Waals surface area contributed by atoms with E-state index < -0.39 is 6.09 Å². The van der Waals surface area contributed by atoms with E-state index in [2.05, 4.69) is 46.6 Å². The molecule has 0 aromatic heterocycles.